The topological polar surface area (TPSA) is 140 Å². The zero-order chi connectivity index (χ0) is 33.7. The van der Waals surface area contributed by atoms with E-state index in [4.69, 9.17) is 15.5 Å². The number of benzene rings is 1. The number of piperidine rings is 1. The minimum absolute atomic E-state index is 0.0192. The van der Waals surface area contributed by atoms with E-state index < -0.39 is 5.82 Å². The van der Waals surface area contributed by atoms with Gasteiger partial charge >= 0.3 is 0 Å². The number of halogens is 1. The van der Waals surface area contributed by atoms with E-state index in [0.717, 1.165) is 44.1 Å². The molecule has 248 valence electrons. The van der Waals surface area contributed by atoms with Crippen LogP contribution in [0.15, 0.2) is 52.9 Å². The first-order chi connectivity index (χ1) is 23.2. The van der Waals surface area contributed by atoms with Crippen LogP contribution in [0.2, 0.25) is 0 Å². The number of nitrogens with two attached hydrogens (primary N) is 1. The van der Waals surface area contributed by atoms with Gasteiger partial charge in [-0.15, -0.1) is 0 Å². The number of Topliss-reactive ketones (excluding diaryl/α,β-unsaturated/α-hetero) is 1. The van der Waals surface area contributed by atoms with Gasteiger partial charge in [-0.1, -0.05) is 19.4 Å². The lowest BCUT2D eigenvalue weighted by atomic mass is 9.53. The number of carbonyl (C=O) groups is 2. The first-order valence-corrected chi connectivity index (χ1v) is 16.6. The molecule has 1 spiro atoms. The van der Waals surface area contributed by atoms with Gasteiger partial charge in [0.2, 0.25) is 0 Å². The summed E-state index contributed by atoms with van der Waals surface area (Å²) in [6, 6.07) is 8.61. The van der Waals surface area contributed by atoms with Crippen LogP contribution >= 0.6 is 0 Å². The summed E-state index contributed by atoms with van der Waals surface area (Å²) in [5.74, 6) is -0.363. The normalized spacial score (nSPS) is 23.1. The Hall–Kier alpha value is -5.00. The van der Waals surface area contributed by atoms with Gasteiger partial charge in [-0.25, -0.2) is 9.37 Å². The number of ketones is 1. The fourth-order valence-electron chi connectivity index (χ4n) is 8.04. The van der Waals surface area contributed by atoms with Gasteiger partial charge in [-0.3, -0.25) is 14.6 Å². The first kappa shape index (κ1) is 31.6. The van der Waals surface area contributed by atoms with E-state index in [1.165, 1.54) is 24.6 Å². The number of likely N-dealkylation sites (tertiary alicyclic amines) is 1. The van der Waals surface area contributed by atoms with Crippen molar-refractivity contribution in [2.24, 2.45) is 15.6 Å². The predicted octanol–water partition coefficient (Wildman–Crippen LogP) is 6.26. The number of hydrogen-bond acceptors (Lipinski definition) is 9. The molecule has 1 amide bonds. The second-order valence-corrected chi connectivity index (χ2v) is 13.2. The molecule has 2 N–H and O–H groups in total. The lowest BCUT2D eigenvalue weighted by molar-refractivity contribution is -0.192. The lowest BCUT2D eigenvalue weighted by Crippen LogP contribution is -2.76. The molecule has 12 heteroatoms. The van der Waals surface area contributed by atoms with Crippen molar-refractivity contribution in [3.8, 4) is 28.1 Å². The van der Waals surface area contributed by atoms with E-state index in [1.807, 2.05) is 17.0 Å². The Morgan fingerprint density at radius 2 is 1.98 bits per heavy atom. The third kappa shape index (κ3) is 4.96. The molecule has 3 aromatic heterocycles. The van der Waals surface area contributed by atoms with Gasteiger partial charge in [0.05, 0.1) is 30.3 Å². The number of pyridine rings is 1. The Kier molecular flexibility index (Phi) is 8.04. The maximum atomic E-state index is 14.3. The summed E-state index contributed by atoms with van der Waals surface area (Å²) in [6.45, 7) is 5.35. The highest BCUT2D eigenvalue weighted by Crippen LogP contribution is 2.68. The summed E-state index contributed by atoms with van der Waals surface area (Å²) in [5, 5.41) is 12.8. The van der Waals surface area contributed by atoms with Crippen molar-refractivity contribution in [2.75, 3.05) is 12.8 Å². The highest BCUT2D eigenvalue weighted by molar-refractivity contribution is 6.38. The van der Waals surface area contributed by atoms with Crippen molar-refractivity contribution in [2.45, 2.75) is 83.7 Å². The van der Waals surface area contributed by atoms with Gasteiger partial charge in [-0.05, 0) is 76.6 Å². The Balaban J connectivity index is 1.19. The molecule has 3 aliphatic rings. The van der Waals surface area contributed by atoms with Crippen LogP contribution in [0.1, 0.15) is 87.7 Å². The van der Waals surface area contributed by atoms with Gasteiger partial charge in [-0.2, -0.15) is 19.8 Å². The number of nitrogen functional groups attached to an aromatic ring is 1. The number of rotatable bonds is 10. The monoisotopic (exact) mass is 650 g/mol. The summed E-state index contributed by atoms with van der Waals surface area (Å²) >= 11 is 0. The van der Waals surface area contributed by atoms with E-state index in [1.54, 1.807) is 37.7 Å². The summed E-state index contributed by atoms with van der Waals surface area (Å²) in [6.07, 6.45) is 11.6. The van der Waals surface area contributed by atoms with E-state index in [-0.39, 0.29) is 46.7 Å². The van der Waals surface area contributed by atoms with Crippen molar-refractivity contribution >= 4 is 35.1 Å². The Morgan fingerprint density at radius 3 is 2.65 bits per heavy atom. The smallest absolute Gasteiger partial charge is 0.270 e. The molecule has 1 saturated heterocycles. The van der Waals surface area contributed by atoms with Crippen LogP contribution < -0.4 is 10.5 Å². The number of methoxy groups -OCH3 is 1. The van der Waals surface area contributed by atoms with Crippen molar-refractivity contribution < 1.29 is 18.7 Å². The number of anilines is 1. The second-order valence-electron chi connectivity index (χ2n) is 13.2. The summed E-state index contributed by atoms with van der Waals surface area (Å²) in [5.41, 5.74) is 11.3. The zero-order valence-corrected chi connectivity index (χ0v) is 27.6. The van der Waals surface area contributed by atoms with Crippen molar-refractivity contribution in [3.63, 3.8) is 0 Å². The third-order valence-electron chi connectivity index (χ3n) is 10.5. The molecule has 4 atom stereocenters. The molecule has 1 aromatic carbocycles. The molecule has 4 unspecified atom stereocenters. The lowest BCUT2D eigenvalue weighted by Gasteiger charge is -2.68. The van der Waals surface area contributed by atoms with E-state index in [9.17, 15) is 14.0 Å². The predicted molar refractivity (Wildman–Crippen MR) is 182 cm³/mol. The zero-order valence-electron chi connectivity index (χ0n) is 27.6. The fourth-order valence-corrected chi connectivity index (χ4v) is 8.04. The van der Waals surface area contributed by atoms with Crippen molar-refractivity contribution in [1.29, 1.82) is 0 Å². The Bertz CT molecular complexity index is 1990. The molecule has 1 aliphatic heterocycles. The molecule has 11 nitrogen and oxygen atoms in total. The van der Waals surface area contributed by atoms with Gasteiger partial charge in [0, 0.05) is 52.5 Å². The molecule has 2 saturated carbocycles. The molecule has 0 radical (unpaired) electrons. The van der Waals surface area contributed by atoms with Crippen LogP contribution in [0.5, 0.6) is 5.75 Å². The Morgan fingerprint density at radius 1 is 1.17 bits per heavy atom. The number of fused-ring (bicyclic) bond motifs is 1. The SMILES string of the molecule is CCCC/C=N\N=C(/C)C(=O)N1C2CCC23CC(c2nc4c(-c5ccc(-c6ccc(OC)c(F)c6)nc5)cnn4c(N)c2C(C)=O)CC13. The molecule has 0 bridgehead atoms. The number of hydrogen-bond donors (Lipinski definition) is 1. The molecule has 48 heavy (non-hydrogen) atoms. The van der Waals surface area contributed by atoms with Gasteiger partial charge < -0.3 is 15.4 Å². The highest BCUT2D eigenvalue weighted by atomic mass is 19.1. The van der Waals surface area contributed by atoms with E-state index >= 15 is 0 Å². The van der Waals surface area contributed by atoms with Crippen LogP contribution in [-0.2, 0) is 4.79 Å². The molecule has 4 heterocycles. The number of unbranched alkanes of at least 4 members (excludes halogenated alkanes) is 2. The molecule has 7 rings (SSSR count). The van der Waals surface area contributed by atoms with Crippen molar-refractivity contribution in [1.82, 2.24) is 24.5 Å². The van der Waals surface area contributed by atoms with E-state index in [2.05, 4.69) is 27.2 Å². The number of amides is 1. The second kappa shape index (κ2) is 12.2. The van der Waals surface area contributed by atoms with Crippen LogP contribution in [-0.4, -0.2) is 67.3 Å². The molecule has 2 aliphatic carbocycles. The average molecular weight is 651 g/mol. The van der Waals surface area contributed by atoms with Gasteiger partial charge in [0.15, 0.2) is 23.0 Å². The van der Waals surface area contributed by atoms with Gasteiger partial charge in [0.1, 0.15) is 11.5 Å². The van der Waals surface area contributed by atoms with Gasteiger partial charge in [0.25, 0.3) is 5.91 Å². The minimum Gasteiger partial charge on any atom is -0.494 e. The number of ether oxygens (including phenoxy) is 1. The molecular weight excluding hydrogens is 611 g/mol. The Labute approximate surface area is 278 Å². The molecule has 3 fully saturated rings. The number of carbonyl (C=O) groups excluding carboxylic acids is 2. The molecular formula is C36H39FN8O3. The highest BCUT2D eigenvalue weighted by Gasteiger charge is 2.71. The summed E-state index contributed by atoms with van der Waals surface area (Å²) < 4.78 is 20.9. The van der Waals surface area contributed by atoms with Crippen LogP contribution in [0.3, 0.4) is 0 Å². The number of nitrogens with zero attached hydrogens (tertiary/aromatic N) is 7. The quantitative estimate of drug-likeness (QED) is 0.0924. The third-order valence-corrected chi connectivity index (χ3v) is 10.5. The minimum atomic E-state index is -0.465. The van der Waals surface area contributed by atoms with Crippen molar-refractivity contribution in [3.05, 3.63) is 59.8 Å². The maximum absolute atomic E-state index is 14.3. The standard InChI is InChI=1S/C36H39FN8O3/c1-5-6-7-14-40-43-20(2)35(47)44-29-12-13-36(29)17-24(16-30(36)44)32-31(21(3)46)33(38)45-34(42-32)25(19-41-45)23-8-10-27(39-18-23)22-9-11-28(48-4)26(37)15-22/h8-11,14-15,18-19,24,29-30H,5-7,12-13,16-17,38H2,1-4H3/b40-14-,43-20+. The van der Waals surface area contributed by atoms with Crippen LogP contribution in [0.25, 0.3) is 28.0 Å². The van der Waals surface area contributed by atoms with Crippen LogP contribution in [0.4, 0.5) is 10.2 Å². The van der Waals surface area contributed by atoms with E-state index in [0.29, 0.717) is 45.9 Å². The van der Waals surface area contributed by atoms with Crippen LogP contribution in [0, 0.1) is 11.2 Å². The maximum Gasteiger partial charge on any atom is 0.270 e. The fraction of sp³-hybridized carbons (Fsp3) is 0.417. The summed E-state index contributed by atoms with van der Waals surface area (Å²) in [4.78, 5) is 38.3. The molecule has 4 aromatic rings. The average Bonchev–Trinajstić information content (AvgIpc) is 3.68. The first-order valence-electron chi connectivity index (χ1n) is 16.6. The summed E-state index contributed by atoms with van der Waals surface area (Å²) in [7, 11) is 1.42. The largest absolute Gasteiger partial charge is 0.494 e. The number of aromatic nitrogens is 4.